The summed E-state index contributed by atoms with van der Waals surface area (Å²) < 4.78 is 15.7. The fourth-order valence-electron chi connectivity index (χ4n) is 3.09. The summed E-state index contributed by atoms with van der Waals surface area (Å²) in [6.45, 7) is 3.19. The third-order valence-corrected chi connectivity index (χ3v) is 4.92. The summed E-state index contributed by atoms with van der Waals surface area (Å²) in [7, 11) is 0. The molecule has 1 unspecified atom stereocenters. The molecule has 3 N–H and O–H groups in total. The van der Waals surface area contributed by atoms with Gasteiger partial charge in [-0.15, -0.1) is 0 Å². The second-order valence-corrected chi connectivity index (χ2v) is 7.55. The molecule has 1 heterocycles. The van der Waals surface area contributed by atoms with E-state index in [4.69, 9.17) is 31.5 Å². The van der Waals surface area contributed by atoms with Gasteiger partial charge in [-0.05, 0) is 50.5 Å². The Kier molecular flexibility index (Phi) is 7.78. The van der Waals surface area contributed by atoms with Gasteiger partial charge in [0.15, 0.2) is 0 Å². The molecule has 0 amide bonds. The largest absolute Gasteiger partial charge is 0.511 e. The maximum absolute atomic E-state index is 11.6. The van der Waals surface area contributed by atoms with Crippen LogP contribution in [0.3, 0.4) is 0 Å². The fourth-order valence-corrected chi connectivity index (χ4v) is 3.32. The number of carbonyl (C=O) groups is 1. The SMILES string of the molecule is CC(C)OC(=O)OCOc1ccccc1C(NC1=CCCC=N1)c1cccc(N)c1Cl. The monoisotopic (exact) mass is 443 g/mol. The molecule has 0 saturated heterocycles. The van der Waals surface area contributed by atoms with Crippen molar-refractivity contribution < 1.29 is 19.0 Å². The molecule has 2 aromatic carbocycles. The van der Waals surface area contributed by atoms with Crippen LogP contribution in [0.2, 0.25) is 5.02 Å². The summed E-state index contributed by atoms with van der Waals surface area (Å²) in [6, 6.07) is 12.5. The molecule has 1 aliphatic rings. The molecule has 7 nitrogen and oxygen atoms in total. The second-order valence-electron chi connectivity index (χ2n) is 7.17. The Balaban J connectivity index is 1.88. The molecular formula is C23H26ClN3O4. The number of nitrogens with two attached hydrogens (primary N) is 1. The molecule has 1 aliphatic heterocycles. The minimum atomic E-state index is -0.789. The van der Waals surface area contributed by atoms with E-state index in [0.29, 0.717) is 16.5 Å². The first-order valence-corrected chi connectivity index (χ1v) is 10.4. The number of allylic oxidation sites excluding steroid dienone is 1. The molecule has 0 fully saturated rings. The number of carbonyl (C=O) groups excluding carboxylic acids is 1. The number of benzene rings is 2. The summed E-state index contributed by atoms with van der Waals surface area (Å²) in [5.41, 5.74) is 8.10. The van der Waals surface area contributed by atoms with Crippen LogP contribution in [-0.4, -0.2) is 25.3 Å². The number of nitrogens with one attached hydrogen (secondary N) is 1. The molecule has 2 aromatic rings. The van der Waals surface area contributed by atoms with E-state index in [1.54, 1.807) is 26.0 Å². The van der Waals surface area contributed by atoms with E-state index in [2.05, 4.69) is 10.3 Å². The number of anilines is 1. The van der Waals surface area contributed by atoms with Crippen molar-refractivity contribution in [3.63, 3.8) is 0 Å². The van der Waals surface area contributed by atoms with E-state index in [1.807, 2.05) is 42.6 Å². The van der Waals surface area contributed by atoms with Gasteiger partial charge in [-0.25, -0.2) is 9.79 Å². The van der Waals surface area contributed by atoms with Crippen molar-refractivity contribution in [3.05, 3.63) is 70.5 Å². The number of nitrogens with zero attached hydrogens (tertiary/aromatic N) is 1. The molecule has 0 radical (unpaired) electrons. The van der Waals surface area contributed by atoms with Gasteiger partial charge in [-0.3, -0.25) is 0 Å². The van der Waals surface area contributed by atoms with Crippen LogP contribution in [-0.2, 0) is 9.47 Å². The van der Waals surface area contributed by atoms with E-state index in [0.717, 1.165) is 29.8 Å². The molecule has 3 rings (SSSR count). The number of hydrogen-bond donors (Lipinski definition) is 2. The first kappa shape index (κ1) is 22.5. The zero-order chi connectivity index (χ0) is 22.2. The van der Waals surface area contributed by atoms with Gasteiger partial charge in [0.1, 0.15) is 11.6 Å². The topological polar surface area (TPSA) is 95.2 Å². The molecule has 1 atom stereocenters. The normalized spacial score (nSPS) is 14.0. The summed E-state index contributed by atoms with van der Waals surface area (Å²) in [5, 5.41) is 3.88. The highest BCUT2D eigenvalue weighted by Crippen LogP contribution is 2.36. The molecule has 0 spiro atoms. The van der Waals surface area contributed by atoms with Crippen LogP contribution in [0, 0.1) is 0 Å². The fraction of sp³-hybridized carbons (Fsp3) is 0.304. The average molecular weight is 444 g/mol. The van der Waals surface area contributed by atoms with Gasteiger partial charge in [0.25, 0.3) is 0 Å². The number of para-hydroxylation sites is 1. The molecule has 0 aliphatic carbocycles. The van der Waals surface area contributed by atoms with Crippen LogP contribution in [0.1, 0.15) is 43.9 Å². The van der Waals surface area contributed by atoms with E-state index in [9.17, 15) is 4.79 Å². The smallest absolute Gasteiger partial charge is 0.457 e. The molecule has 31 heavy (non-hydrogen) atoms. The molecule has 8 heteroatoms. The van der Waals surface area contributed by atoms with Crippen molar-refractivity contribution in [1.82, 2.24) is 5.32 Å². The van der Waals surface area contributed by atoms with Crippen LogP contribution < -0.4 is 15.8 Å². The van der Waals surface area contributed by atoms with E-state index < -0.39 is 12.2 Å². The lowest BCUT2D eigenvalue weighted by molar-refractivity contribution is -0.00850. The highest BCUT2D eigenvalue weighted by atomic mass is 35.5. The first-order chi connectivity index (χ1) is 15.0. The van der Waals surface area contributed by atoms with Crippen LogP contribution in [0.5, 0.6) is 5.75 Å². The van der Waals surface area contributed by atoms with Crippen molar-refractivity contribution in [2.75, 3.05) is 12.5 Å². The Morgan fingerprint density at radius 1 is 1.16 bits per heavy atom. The number of halogens is 1. The number of nitrogen functional groups attached to an aromatic ring is 1. The standard InChI is InChI=1S/C23H26ClN3O4/c1-15(2)31-23(28)30-14-29-19-11-4-3-8-16(19)22(27-20-12-5-6-13-26-20)17-9-7-10-18(25)21(17)24/h3-4,7-13,15,22,27H,5-6,14,25H2,1-2H3. The first-order valence-electron chi connectivity index (χ1n) is 10.0. The highest BCUT2D eigenvalue weighted by molar-refractivity contribution is 6.33. The Morgan fingerprint density at radius 3 is 2.68 bits per heavy atom. The lowest BCUT2D eigenvalue weighted by Crippen LogP contribution is -2.24. The lowest BCUT2D eigenvalue weighted by Gasteiger charge is -2.25. The molecule has 0 aromatic heterocycles. The van der Waals surface area contributed by atoms with Crippen molar-refractivity contribution in [2.45, 2.75) is 38.8 Å². The molecule has 0 bridgehead atoms. The van der Waals surface area contributed by atoms with Crippen LogP contribution in [0.25, 0.3) is 0 Å². The van der Waals surface area contributed by atoms with Crippen LogP contribution in [0.4, 0.5) is 10.5 Å². The van der Waals surface area contributed by atoms with Crippen molar-refractivity contribution in [1.29, 1.82) is 0 Å². The van der Waals surface area contributed by atoms with Gasteiger partial charge in [-0.2, -0.15) is 0 Å². The molecule has 164 valence electrons. The lowest BCUT2D eigenvalue weighted by atomic mass is 9.97. The molecular weight excluding hydrogens is 418 g/mol. The van der Waals surface area contributed by atoms with Crippen molar-refractivity contribution >= 4 is 29.7 Å². The van der Waals surface area contributed by atoms with Gasteiger partial charge in [0, 0.05) is 11.8 Å². The molecule has 0 saturated carbocycles. The van der Waals surface area contributed by atoms with Gasteiger partial charge in [0.05, 0.1) is 22.9 Å². The number of aliphatic imine (C=N–C) groups is 1. The Hall–Kier alpha value is -3.19. The predicted octanol–water partition coefficient (Wildman–Crippen LogP) is 5.21. The van der Waals surface area contributed by atoms with Crippen molar-refractivity contribution in [2.24, 2.45) is 4.99 Å². The maximum Gasteiger partial charge on any atom is 0.511 e. The average Bonchev–Trinajstić information content (AvgIpc) is 2.75. The van der Waals surface area contributed by atoms with Gasteiger partial charge in [0.2, 0.25) is 6.79 Å². The maximum atomic E-state index is 11.6. The van der Waals surface area contributed by atoms with Gasteiger partial charge < -0.3 is 25.3 Å². The van der Waals surface area contributed by atoms with E-state index >= 15 is 0 Å². The quantitative estimate of drug-likeness (QED) is 0.330. The Bertz CT molecular complexity index is 975. The highest BCUT2D eigenvalue weighted by Gasteiger charge is 2.23. The van der Waals surface area contributed by atoms with Crippen molar-refractivity contribution in [3.8, 4) is 5.75 Å². The summed E-state index contributed by atoms with van der Waals surface area (Å²) >= 11 is 6.55. The number of hydrogen-bond acceptors (Lipinski definition) is 7. The second kappa shape index (κ2) is 10.7. The van der Waals surface area contributed by atoms with E-state index in [-0.39, 0.29) is 12.9 Å². The minimum absolute atomic E-state index is 0.275. The summed E-state index contributed by atoms with van der Waals surface area (Å²) in [6.07, 6.45) is 4.63. The third kappa shape index (κ3) is 6.15. The third-order valence-electron chi connectivity index (χ3n) is 4.48. The Morgan fingerprint density at radius 2 is 1.94 bits per heavy atom. The van der Waals surface area contributed by atoms with Crippen LogP contribution in [0.15, 0.2) is 59.4 Å². The van der Waals surface area contributed by atoms with Gasteiger partial charge >= 0.3 is 6.16 Å². The minimum Gasteiger partial charge on any atom is -0.457 e. The number of ether oxygens (including phenoxy) is 3. The summed E-state index contributed by atoms with van der Waals surface area (Å²) in [5.74, 6) is 1.26. The van der Waals surface area contributed by atoms with Gasteiger partial charge in [-0.1, -0.05) is 41.9 Å². The predicted molar refractivity (Wildman–Crippen MR) is 121 cm³/mol. The number of rotatable bonds is 8. The van der Waals surface area contributed by atoms with Crippen LogP contribution >= 0.6 is 11.6 Å². The zero-order valence-corrected chi connectivity index (χ0v) is 18.3. The zero-order valence-electron chi connectivity index (χ0n) is 17.5. The Labute approximate surface area is 186 Å². The van der Waals surface area contributed by atoms with E-state index in [1.165, 1.54) is 0 Å². The summed E-state index contributed by atoms with van der Waals surface area (Å²) in [4.78, 5) is 16.1.